The molecule has 0 atom stereocenters. The number of carbonyl (C=O) groups excluding carboxylic acids is 1. The predicted octanol–water partition coefficient (Wildman–Crippen LogP) is 2.93. The molecule has 0 aromatic carbocycles. The standard InChI is InChI=1S/C10H4F4N2OS/c11-5-2-1-3-15-7(5)8(17)6-4-16-9(18-6)10(12,13)14/h1-4H. The largest absolute Gasteiger partial charge is 0.443 e. The average Bonchev–Trinajstić information content (AvgIpc) is 2.77. The van der Waals surface area contributed by atoms with Crippen molar-refractivity contribution in [1.29, 1.82) is 0 Å². The van der Waals surface area contributed by atoms with Crippen molar-refractivity contribution in [2.45, 2.75) is 6.18 Å². The van der Waals surface area contributed by atoms with Crippen LogP contribution in [0.25, 0.3) is 0 Å². The van der Waals surface area contributed by atoms with Gasteiger partial charge in [-0.15, -0.1) is 11.3 Å². The first-order valence-corrected chi connectivity index (χ1v) is 5.39. The zero-order chi connectivity index (χ0) is 13.3. The Morgan fingerprint density at radius 2 is 2.00 bits per heavy atom. The third-order valence-electron chi connectivity index (χ3n) is 1.95. The highest BCUT2D eigenvalue weighted by Gasteiger charge is 2.35. The lowest BCUT2D eigenvalue weighted by Crippen LogP contribution is -2.05. The van der Waals surface area contributed by atoms with Crippen LogP contribution in [0, 0.1) is 5.82 Å². The molecule has 0 aliphatic rings. The summed E-state index contributed by atoms with van der Waals surface area (Å²) >= 11 is 0.159. The molecule has 8 heteroatoms. The summed E-state index contributed by atoms with van der Waals surface area (Å²) in [5.41, 5.74) is -0.519. The fraction of sp³-hybridized carbons (Fsp3) is 0.100. The second-order valence-corrected chi connectivity index (χ2v) is 4.22. The number of carbonyl (C=O) groups is 1. The number of thiazole rings is 1. The summed E-state index contributed by atoms with van der Waals surface area (Å²) in [5.74, 6) is -1.80. The van der Waals surface area contributed by atoms with E-state index in [1.165, 1.54) is 12.3 Å². The molecule has 0 saturated heterocycles. The van der Waals surface area contributed by atoms with Crippen molar-refractivity contribution in [3.8, 4) is 0 Å². The maximum Gasteiger partial charge on any atom is 0.443 e. The molecule has 0 radical (unpaired) electrons. The summed E-state index contributed by atoms with van der Waals surface area (Å²) in [4.78, 5) is 18.0. The Balaban J connectivity index is 2.36. The van der Waals surface area contributed by atoms with Gasteiger partial charge in [0, 0.05) is 12.4 Å². The van der Waals surface area contributed by atoms with Crippen LogP contribution in [0.3, 0.4) is 0 Å². The third kappa shape index (κ3) is 2.37. The maximum atomic E-state index is 13.2. The van der Waals surface area contributed by atoms with Crippen molar-refractivity contribution >= 4 is 17.1 Å². The van der Waals surface area contributed by atoms with Gasteiger partial charge in [0.25, 0.3) is 0 Å². The van der Waals surface area contributed by atoms with Crippen molar-refractivity contribution in [3.63, 3.8) is 0 Å². The third-order valence-corrected chi connectivity index (χ3v) is 2.99. The Hall–Kier alpha value is -1.83. The highest BCUT2D eigenvalue weighted by atomic mass is 32.1. The first kappa shape index (κ1) is 12.6. The van der Waals surface area contributed by atoms with E-state index in [-0.39, 0.29) is 16.2 Å². The summed E-state index contributed by atoms with van der Waals surface area (Å²) in [6.07, 6.45) is -2.67. The van der Waals surface area contributed by atoms with Crippen LogP contribution in [-0.4, -0.2) is 15.8 Å². The lowest BCUT2D eigenvalue weighted by Gasteiger charge is -1.99. The lowest BCUT2D eigenvalue weighted by atomic mass is 10.2. The van der Waals surface area contributed by atoms with Gasteiger partial charge in [-0.3, -0.25) is 4.79 Å². The van der Waals surface area contributed by atoms with E-state index in [0.717, 1.165) is 12.3 Å². The minimum Gasteiger partial charge on any atom is -0.286 e. The van der Waals surface area contributed by atoms with Crippen LogP contribution >= 0.6 is 11.3 Å². The number of rotatable bonds is 2. The topological polar surface area (TPSA) is 42.9 Å². The quantitative estimate of drug-likeness (QED) is 0.625. The Morgan fingerprint density at radius 1 is 1.28 bits per heavy atom. The molecule has 2 heterocycles. The number of alkyl halides is 3. The Kier molecular flexibility index (Phi) is 3.12. The van der Waals surface area contributed by atoms with Crippen LogP contribution in [-0.2, 0) is 6.18 Å². The molecule has 2 rings (SSSR count). The monoisotopic (exact) mass is 276 g/mol. The number of halogens is 4. The molecule has 0 fully saturated rings. The van der Waals surface area contributed by atoms with Crippen LogP contribution < -0.4 is 0 Å². The Morgan fingerprint density at radius 3 is 2.56 bits per heavy atom. The molecular weight excluding hydrogens is 272 g/mol. The van der Waals surface area contributed by atoms with Crippen molar-refractivity contribution in [3.05, 3.63) is 45.9 Å². The van der Waals surface area contributed by atoms with Gasteiger partial charge < -0.3 is 0 Å². The Bertz CT molecular complexity index is 594. The van der Waals surface area contributed by atoms with E-state index in [1.807, 2.05) is 0 Å². The molecule has 0 spiro atoms. The predicted molar refractivity (Wildman–Crippen MR) is 54.7 cm³/mol. The molecule has 94 valence electrons. The van der Waals surface area contributed by atoms with Crippen molar-refractivity contribution < 1.29 is 22.4 Å². The average molecular weight is 276 g/mol. The highest BCUT2D eigenvalue weighted by molar-refractivity contribution is 7.13. The molecule has 0 bridgehead atoms. The summed E-state index contributed by atoms with van der Waals surface area (Å²) in [7, 11) is 0. The minimum absolute atomic E-state index is 0.159. The van der Waals surface area contributed by atoms with Crippen molar-refractivity contribution in [2.75, 3.05) is 0 Å². The zero-order valence-electron chi connectivity index (χ0n) is 8.53. The summed E-state index contributed by atoms with van der Waals surface area (Å²) in [6, 6.07) is 2.28. The van der Waals surface area contributed by atoms with E-state index < -0.39 is 28.5 Å². The van der Waals surface area contributed by atoms with Gasteiger partial charge in [0.05, 0.1) is 4.88 Å². The summed E-state index contributed by atoms with van der Waals surface area (Å²) < 4.78 is 50.1. The van der Waals surface area contributed by atoms with Gasteiger partial charge in [-0.1, -0.05) is 0 Å². The second-order valence-electron chi connectivity index (χ2n) is 3.19. The number of hydrogen-bond donors (Lipinski definition) is 0. The van der Waals surface area contributed by atoms with Gasteiger partial charge in [0.15, 0.2) is 10.8 Å². The number of hydrogen-bond acceptors (Lipinski definition) is 4. The van der Waals surface area contributed by atoms with Gasteiger partial charge in [-0.2, -0.15) is 13.2 Å². The van der Waals surface area contributed by atoms with E-state index >= 15 is 0 Å². The van der Waals surface area contributed by atoms with Gasteiger partial charge in [-0.05, 0) is 12.1 Å². The van der Waals surface area contributed by atoms with Crippen molar-refractivity contribution in [2.24, 2.45) is 0 Å². The van der Waals surface area contributed by atoms with E-state index in [2.05, 4.69) is 9.97 Å². The highest BCUT2D eigenvalue weighted by Crippen LogP contribution is 2.33. The molecule has 3 nitrogen and oxygen atoms in total. The normalized spacial score (nSPS) is 11.6. The molecule has 18 heavy (non-hydrogen) atoms. The number of nitrogens with zero attached hydrogens (tertiary/aromatic N) is 2. The number of ketones is 1. The maximum absolute atomic E-state index is 13.2. The first-order chi connectivity index (χ1) is 8.39. The van der Waals surface area contributed by atoms with Gasteiger partial charge in [0.2, 0.25) is 5.78 Å². The van der Waals surface area contributed by atoms with Gasteiger partial charge in [-0.25, -0.2) is 14.4 Å². The Labute approximate surface area is 102 Å². The SMILES string of the molecule is O=C(c1cnc(C(F)(F)F)s1)c1ncccc1F. The van der Waals surface area contributed by atoms with Gasteiger partial charge >= 0.3 is 6.18 Å². The molecule has 0 aliphatic carbocycles. The zero-order valence-corrected chi connectivity index (χ0v) is 9.35. The second kappa shape index (κ2) is 4.45. The van der Waals surface area contributed by atoms with Crippen LogP contribution in [0.4, 0.5) is 17.6 Å². The van der Waals surface area contributed by atoms with Crippen LogP contribution in [0.1, 0.15) is 20.4 Å². The van der Waals surface area contributed by atoms with Gasteiger partial charge in [0.1, 0.15) is 5.69 Å². The fourth-order valence-corrected chi connectivity index (χ4v) is 1.90. The number of aromatic nitrogens is 2. The fourth-order valence-electron chi connectivity index (χ4n) is 1.18. The molecule has 0 aliphatic heterocycles. The molecule has 2 aromatic rings. The van der Waals surface area contributed by atoms with E-state index in [1.54, 1.807) is 0 Å². The molecule has 0 saturated carbocycles. The minimum atomic E-state index is -4.62. The number of pyridine rings is 1. The summed E-state index contributed by atoms with van der Waals surface area (Å²) in [6.45, 7) is 0. The molecule has 2 aromatic heterocycles. The molecular formula is C10H4F4N2OS. The van der Waals surface area contributed by atoms with Crippen LogP contribution in [0.2, 0.25) is 0 Å². The summed E-state index contributed by atoms with van der Waals surface area (Å²) in [5, 5.41) is -1.15. The molecule has 0 amide bonds. The lowest BCUT2D eigenvalue weighted by molar-refractivity contribution is -0.137. The smallest absolute Gasteiger partial charge is 0.286 e. The van der Waals surface area contributed by atoms with Crippen molar-refractivity contribution in [1.82, 2.24) is 9.97 Å². The van der Waals surface area contributed by atoms with Crippen LogP contribution in [0.5, 0.6) is 0 Å². The van der Waals surface area contributed by atoms with E-state index in [4.69, 9.17) is 0 Å². The molecule has 0 unspecified atom stereocenters. The van der Waals surface area contributed by atoms with E-state index in [0.29, 0.717) is 0 Å². The van der Waals surface area contributed by atoms with E-state index in [9.17, 15) is 22.4 Å². The van der Waals surface area contributed by atoms with Crippen LogP contribution in [0.15, 0.2) is 24.5 Å². The first-order valence-electron chi connectivity index (χ1n) is 4.58. The molecule has 0 N–H and O–H groups in total.